The van der Waals surface area contributed by atoms with Crippen LogP contribution >= 0.6 is 11.8 Å². The van der Waals surface area contributed by atoms with Crippen LogP contribution in [0.2, 0.25) is 0 Å². The number of ether oxygens (including phenoxy) is 1. The first-order valence-electron chi connectivity index (χ1n) is 9.86. The molecule has 3 aromatic rings. The molecule has 1 atom stereocenters. The van der Waals surface area contributed by atoms with Crippen LogP contribution in [-0.2, 0) is 11.3 Å². The minimum absolute atomic E-state index is 0.0348. The van der Waals surface area contributed by atoms with E-state index in [0.717, 1.165) is 0 Å². The van der Waals surface area contributed by atoms with Crippen LogP contribution in [0.5, 0.6) is 5.75 Å². The van der Waals surface area contributed by atoms with Crippen LogP contribution in [0, 0.1) is 17.6 Å². The van der Waals surface area contributed by atoms with Gasteiger partial charge in [0, 0.05) is 6.54 Å². The van der Waals surface area contributed by atoms with Gasteiger partial charge in [0.15, 0.2) is 28.7 Å². The molecule has 31 heavy (non-hydrogen) atoms. The maximum atomic E-state index is 14.0. The number of carbonyl (C=O) groups excluding carboxylic acids is 1. The molecule has 164 valence electrons. The van der Waals surface area contributed by atoms with Crippen molar-refractivity contribution in [2.45, 2.75) is 38.6 Å². The molecule has 0 aliphatic carbocycles. The molecule has 0 saturated heterocycles. The number of amides is 1. The normalized spacial score (nSPS) is 12.1. The van der Waals surface area contributed by atoms with Crippen molar-refractivity contribution in [2.24, 2.45) is 5.92 Å². The minimum atomic E-state index is -0.551. The molecule has 0 aliphatic heterocycles. The molecule has 0 spiro atoms. The zero-order chi connectivity index (χ0) is 22.4. The van der Waals surface area contributed by atoms with Crippen LogP contribution in [0.25, 0.3) is 0 Å². The van der Waals surface area contributed by atoms with E-state index in [1.165, 1.54) is 30.0 Å². The molecule has 1 aromatic heterocycles. The molecule has 9 heteroatoms. The lowest BCUT2D eigenvalue weighted by atomic mass is 10.2. The van der Waals surface area contributed by atoms with Gasteiger partial charge in [-0.25, -0.2) is 8.78 Å². The largest absolute Gasteiger partial charge is 0.480 e. The van der Waals surface area contributed by atoms with Gasteiger partial charge in [0.2, 0.25) is 5.91 Å². The molecular formula is C22H24F2N4O2S. The van der Waals surface area contributed by atoms with E-state index in [4.69, 9.17) is 4.74 Å². The van der Waals surface area contributed by atoms with Gasteiger partial charge in [0.25, 0.3) is 0 Å². The Balaban J connectivity index is 1.72. The van der Waals surface area contributed by atoms with Gasteiger partial charge in [-0.05, 0) is 37.1 Å². The van der Waals surface area contributed by atoms with Crippen LogP contribution in [0.3, 0.4) is 0 Å². The van der Waals surface area contributed by atoms with Crippen molar-refractivity contribution in [2.75, 3.05) is 11.1 Å². The van der Waals surface area contributed by atoms with Crippen molar-refractivity contribution in [1.82, 2.24) is 14.8 Å². The summed E-state index contributed by atoms with van der Waals surface area (Å²) in [6.45, 7) is 6.47. The number of thioether (sulfide) groups is 1. The molecule has 0 fully saturated rings. The number of halogens is 2. The van der Waals surface area contributed by atoms with Gasteiger partial charge < -0.3 is 14.6 Å². The third-order valence-corrected chi connectivity index (χ3v) is 5.24. The number of para-hydroxylation sites is 2. The monoisotopic (exact) mass is 446 g/mol. The molecule has 3 rings (SSSR count). The quantitative estimate of drug-likeness (QED) is 0.464. The summed E-state index contributed by atoms with van der Waals surface area (Å²) >= 11 is 1.20. The lowest BCUT2D eigenvalue weighted by Gasteiger charge is -2.18. The minimum Gasteiger partial charge on any atom is -0.480 e. The van der Waals surface area contributed by atoms with E-state index in [1.807, 2.05) is 18.4 Å². The average Bonchev–Trinajstić information content (AvgIpc) is 3.12. The Bertz CT molecular complexity index is 1040. The first-order valence-corrected chi connectivity index (χ1v) is 10.8. The highest BCUT2D eigenvalue weighted by atomic mass is 32.2. The van der Waals surface area contributed by atoms with E-state index in [9.17, 15) is 13.6 Å². The lowest BCUT2D eigenvalue weighted by molar-refractivity contribution is -0.113. The molecule has 0 aliphatic rings. The zero-order valence-corrected chi connectivity index (χ0v) is 18.3. The number of nitrogens with one attached hydrogen (secondary N) is 1. The number of hydrogen-bond donors (Lipinski definition) is 1. The maximum absolute atomic E-state index is 14.0. The standard InChI is InChI=1S/C22H24F2N4O2S/c1-14(2)12-28-21(15(3)30-19-11-7-5-9-17(19)24)26-27-22(28)31-13-20(29)25-18-10-6-4-8-16(18)23/h4-11,14-15H,12-13H2,1-3H3,(H,25,29). The Labute approximate surface area is 184 Å². The van der Waals surface area contributed by atoms with Gasteiger partial charge in [-0.2, -0.15) is 0 Å². The van der Waals surface area contributed by atoms with Gasteiger partial charge in [-0.3, -0.25) is 4.79 Å². The van der Waals surface area contributed by atoms with E-state index in [0.29, 0.717) is 17.5 Å². The summed E-state index contributed by atoms with van der Waals surface area (Å²) in [6, 6.07) is 12.2. The second kappa shape index (κ2) is 10.4. The van der Waals surface area contributed by atoms with Crippen LogP contribution < -0.4 is 10.1 Å². The summed E-state index contributed by atoms with van der Waals surface area (Å²) in [5.41, 5.74) is 0.129. The lowest BCUT2D eigenvalue weighted by Crippen LogP contribution is -2.17. The molecule has 2 aromatic carbocycles. The predicted molar refractivity (Wildman–Crippen MR) is 116 cm³/mol. The molecule has 0 radical (unpaired) electrons. The number of nitrogens with zero attached hydrogens (tertiary/aromatic N) is 3. The van der Waals surface area contributed by atoms with E-state index in [-0.39, 0.29) is 29.0 Å². The van der Waals surface area contributed by atoms with Crippen LogP contribution in [-0.4, -0.2) is 26.4 Å². The molecule has 1 heterocycles. The first kappa shape index (κ1) is 22.7. The molecule has 1 N–H and O–H groups in total. The second-order valence-corrected chi connectivity index (χ2v) is 8.29. The number of hydrogen-bond acceptors (Lipinski definition) is 5. The maximum Gasteiger partial charge on any atom is 0.234 e. The smallest absolute Gasteiger partial charge is 0.234 e. The zero-order valence-electron chi connectivity index (χ0n) is 17.5. The van der Waals surface area contributed by atoms with Crippen molar-refractivity contribution in [3.8, 4) is 5.75 Å². The summed E-state index contributed by atoms with van der Waals surface area (Å²) in [6.07, 6.45) is -0.551. The summed E-state index contributed by atoms with van der Waals surface area (Å²) in [7, 11) is 0. The van der Waals surface area contributed by atoms with E-state index >= 15 is 0 Å². The topological polar surface area (TPSA) is 69.0 Å². The predicted octanol–water partition coefficient (Wildman–Crippen LogP) is 5.08. The fourth-order valence-electron chi connectivity index (χ4n) is 2.91. The molecule has 6 nitrogen and oxygen atoms in total. The van der Waals surface area contributed by atoms with Gasteiger partial charge in [0.05, 0.1) is 11.4 Å². The van der Waals surface area contributed by atoms with Crippen LogP contribution in [0.1, 0.15) is 32.7 Å². The van der Waals surface area contributed by atoms with Crippen molar-refractivity contribution in [3.05, 3.63) is 66.0 Å². The number of benzene rings is 2. The molecular weight excluding hydrogens is 422 g/mol. The Hall–Kier alpha value is -2.94. The molecule has 1 unspecified atom stereocenters. The number of rotatable bonds is 9. The van der Waals surface area contributed by atoms with E-state index in [1.54, 1.807) is 37.3 Å². The third kappa shape index (κ3) is 6.04. The van der Waals surface area contributed by atoms with Gasteiger partial charge >= 0.3 is 0 Å². The van der Waals surface area contributed by atoms with E-state index < -0.39 is 17.7 Å². The van der Waals surface area contributed by atoms with Crippen LogP contribution in [0.4, 0.5) is 14.5 Å². The Morgan fingerprint density at radius 2 is 1.74 bits per heavy atom. The second-order valence-electron chi connectivity index (χ2n) is 7.35. The van der Waals surface area contributed by atoms with E-state index in [2.05, 4.69) is 15.5 Å². The van der Waals surface area contributed by atoms with Crippen molar-refractivity contribution in [3.63, 3.8) is 0 Å². The van der Waals surface area contributed by atoms with Gasteiger partial charge in [0.1, 0.15) is 5.82 Å². The number of aromatic nitrogens is 3. The number of anilines is 1. The van der Waals surface area contributed by atoms with Crippen molar-refractivity contribution >= 4 is 23.4 Å². The summed E-state index contributed by atoms with van der Waals surface area (Å²) in [5, 5.41) is 11.5. The van der Waals surface area contributed by atoms with Crippen molar-refractivity contribution < 1.29 is 18.3 Å². The fraction of sp³-hybridized carbons (Fsp3) is 0.318. The summed E-state index contributed by atoms with van der Waals surface area (Å²) < 4.78 is 35.3. The first-order chi connectivity index (χ1) is 14.8. The molecule has 0 bridgehead atoms. The summed E-state index contributed by atoms with van der Waals surface area (Å²) in [5.74, 6) is -0.323. The van der Waals surface area contributed by atoms with Gasteiger partial charge in [-0.1, -0.05) is 49.9 Å². The highest BCUT2D eigenvalue weighted by Gasteiger charge is 2.22. The van der Waals surface area contributed by atoms with Crippen LogP contribution in [0.15, 0.2) is 53.7 Å². The fourth-order valence-corrected chi connectivity index (χ4v) is 3.66. The SMILES string of the molecule is CC(C)Cn1c(SCC(=O)Nc2ccccc2F)nnc1C(C)Oc1ccccc1F. The number of carbonyl (C=O) groups is 1. The highest BCUT2D eigenvalue weighted by molar-refractivity contribution is 7.99. The molecule has 0 saturated carbocycles. The average molecular weight is 447 g/mol. The highest BCUT2D eigenvalue weighted by Crippen LogP contribution is 2.27. The van der Waals surface area contributed by atoms with Gasteiger partial charge in [-0.15, -0.1) is 10.2 Å². The third-order valence-electron chi connectivity index (χ3n) is 4.28. The Morgan fingerprint density at radius 1 is 1.06 bits per heavy atom. The summed E-state index contributed by atoms with van der Waals surface area (Å²) in [4.78, 5) is 12.3. The Kier molecular flexibility index (Phi) is 7.62. The molecule has 1 amide bonds. The van der Waals surface area contributed by atoms with Crippen molar-refractivity contribution in [1.29, 1.82) is 0 Å². The Morgan fingerprint density at radius 3 is 2.42 bits per heavy atom.